The number of anilines is 1. The summed E-state index contributed by atoms with van der Waals surface area (Å²) in [6, 6.07) is 5.20. The lowest BCUT2D eigenvalue weighted by molar-refractivity contribution is -0.144. The highest BCUT2D eigenvalue weighted by atomic mass is 16.5. The van der Waals surface area contributed by atoms with Crippen molar-refractivity contribution in [1.29, 1.82) is 0 Å². The molecule has 1 aromatic rings. The Balaban J connectivity index is 1.95. The average molecular weight is 250 g/mol. The van der Waals surface area contributed by atoms with E-state index in [-0.39, 0.29) is 17.6 Å². The van der Waals surface area contributed by atoms with E-state index in [1.165, 1.54) is 7.11 Å². The van der Waals surface area contributed by atoms with Crippen LogP contribution in [-0.4, -0.2) is 36.2 Å². The van der Waals surface area contributed by atoms with Crippen molar-refractivity contribution in [2.45, 2.75) is 13.0 Å². The fraction of sp³-hybridized carbons (Fsp3) is 0.462. The number of nitrogen functional groups attached to an aromatic ring is 1. The van der Waals surface area contributed by atoms with E-state index in [1.807, 2.05) is 6.07 Å². The van der Waals surface area contributed by atoms with Crippen LogP contribution in [0.4, 0.5) is 5.69 Å². The number of likely N-dealkylation sites (tertiary alicyclic amines) is 1. The van der Waals surface area contributed by atoms with Gasteiger partial charge in [-0.15, -0.1) is 0 Å². The Kier molecular flexibility index (Phi) is 3.72. The zero-order chi connectivity index (χ0) is 13.1. The minimum Gasteiger partial charge on any atom is -0.506 e. The van der Waals surface area contributed by atoms with Crippen LogP contribution in [0.5, 0.6) is 5.75 Å². The number of ether oxygens (including phenoxy) is 1. The Bertz CT molecular complexity index is 448. The van der Waals surface area contributed by atoms with Crippen LogP contribution in [0, 0.1) is 5.92 Å². The Morgan fingerprint density at radius 3 is 3.06 bits per heavy atom. The molecular weight excluding hydrogens is 232 g/mol. The van der Waals surface area contributed by atoms with Gasteiger partial charge in [-0.3, -0.25) is 9.69 Å². The van der Waals surface area contributed by atoms with Crippen LogP contribution >= 0.6 is 0 Å². The molecule has 1 heterocycles. The van der Waals surface area contributed by atoms with Crippen LogP contribution in [0.3, 0.4) is 0 Å². The van der Waals surface area contributed by atoms with Crippen molar-refractivity contribution in [2.75, 3.05) is 25.9 Å². The van der Waals surface area contributed by atoms with Crippen molar-refractivity contribution in [2.24, 2.45) is 5.92 Å². The van der Waals surface area contributed by atoms with Gasteiger partial charge in [0.25, 0.3) is 0 Å². The average Bonchev–Trinajstić information content (AvgIpc) is 2.81. The number of phenols is 1. The van der Waals surface area contributed by atoms with Gasteiger partial charge >= 0.3 is 5.97 Å². The highest BCUT2D eigenvalue weighted by Gasteiger charge is 2.28. The minimum atomic E-state index is -0.136. The maximum absolute atomic E-state index is 11.4. The van der Waals surface area contributed by atoms with E-state index in [2.05, 4.69) is 4.90 Å². The first kappa shape index (κ1) is 12.7. The Morgan fingerprint density at radius 1 is 1.61 bits per heavy atom. The second-order valence-electron chi connectivity index (χ2n) is 4.64. The number of nitrogens with two attached hydrogens (primary N) is 1. The van der Waals surface area contributed by atoms with Crippen LogP contribution in [0.25, 0.3) is 0 Å². The van der Waals surface area contributed by atoms with E-state index in [4.69, 9.17) is 10.5 Å². The predicted molar refractivity (Wildman–Crippen MR) is 67.9 cm³/mol. The molecule has 0 aliphatic carbocycles. The summed E-state index contributed by atoms with van der Waals surface area (Å²) < 4.78 is 4.75. The van der Waals surface area contributed by atoms with Gasteiger partial charge in [0.2, 0.25) is 0 Å². The van der Waals surface area contributed by atoms with Gasteiger partial charge in [0.1, 0.15) is 5.75 Å². The molecule has 0 unspecified atom stereocenters. The maximum Gasteiger partial charge on any atom is 0.310 e. The summed E-state index contributed by atoms with van der Waals surface area (Å²) in [5, 5.41) is 9.35. The third-order valence-corrected chi connectivity index (χ3v) is 3.31. The molecule has 0 bridgehead atoms. The van der Waals surface area contributed by atoms with Gasteiger partial charge in [-0.05, 0) is 30.7 Å². The van der Waals surface area contributed by atoms with Gasteiger partial charge in [-0.1, -0.05) is 6.07 Å². The number of rotatable bonds is 3. The minimum absolute atomic E-state index is 0.0236. The molecule has 0 amide bonds. The lowest BCUT2D eigenvalue weighted by Gasteiger charge is -2.16. The van der Waals surface area contributed by atoms with Gasteiger partial charge in [0.15, 0.2) is 0 Å². The first-order valence-electron chi connectivity index (χ1n) is 5.97. The largest absolute Gasteiger partial charge is 0.506 e. The molecule has 98 valence electrons. The summed E-state index contributed by atoms with van der Waals surface area (Å²) in [6.45, 7) is 2.33. The summed E-state index contributed by atoms with van der Waals surface area (Å²) in [7, 11) is 1.42. The van der Waals surface area contributed by atoms with E-state index in [0.29, 0.717) is 12.2 Å². The van der Waals surface area contributed by atoms with Gasteiger partial charge in [-0.25, -0.2) is 0 Å². The molecule has 1 saturated heterocycles. The van der Waals surface area contributed by atoms with E-state index in [9.17, 15) is 9.90 Å². The number of hydrogen-bond donors (Lipinski definition) is 2. The van der Waals surface area contributed by atoms with E-state index in [0.717, 1.165) is 25.1 Å². The number of aromatic hydroxyl groups is 1. The van der Waals surface area contributed by atoms with Crippen molar-refractivity contribution < 1.29 is 14.6 Å². The molecule has 0 saturated carbocycles. The number of phenolic OH excluding ortho intramolecular Hbond substituents is 1. The number of esters is 1. The number of hydrogen-bond acceptors (Lipinski definition) is 5. The van der Waals surface area contributed by atoms with Crippen LogP contribution in [-0.2, 0) is 16.1 Å². The molecule has 2 rings (SSSR count). The standard InChI is InChI=1S/C13H18N2O3/c1-18-13(17)10-4-5-15(8-10)7-9-2-3-12(16)11(14)6-9/h2-3,6,10,16H,4-5,7-8,14H2,1H3/t10-/m1/s1. The smallest absolute Gasteiger partial charge is 0.310 e. The molecule has 0 aromatic heterocycles. The molecular formula is C13H18N2O3. The summed E-state index contributed by atoms with van der Waals surface area (Å²) in [5.74, 6) is -0.0557. The summed E-state index contributed by atoms with van der Waals surface area (Å²) in [5.41, 5.74) is 7.07. The summed E-state index contributed by atoms with van der Waals surface area (Å²) >= 11 is 0. The van der Waals surface area contributed by atoms with Crippen LogP contribution in [0.2, 0.25) is 0 Å². The molecule has 1 aliphatic heterocycles. The number of carbonyl (C=O) groups is 1. The van der Waals surface area contributed by atoms with E-state index >= 15 is 0 Å². The number of nitrogens with zero attached hydrogens (tertiary/aromatic N) is 1. The predicted octanol–water partition coefficient (Wildman–Crippen LogP) is 0.969. The SMILES string of the molecule is COC(=O)[C@@H]1CCN(Cc2ccc(O)c(N)c2)C1. The monoisotopic (exact) mass is 250 g/mol. The number of benzene rings is 1. The van der Waals surface area contributed by atoms with Crippen molar-refractivity contribution in [3.05, 3.63) is 23.8 Å². The van der Waals surface area contributed by atoms with Gasteiger partial charge < -0.3 is 15.6 Å². The highest BCUT2D eigenvalue weighted by Crippen LogP contribution is 2.24. The van der Waals surface area contributed by atoms with Crippen LogP contribution in [0.1, 0.15) is 12.0 Å². The topological polar surface area (TPSA) is 75.8 Å². The molecule has 5 nitrogen and oxygen atoms in total. The van der Waals surface area contributed by atoms with Crippen molar-refractivity contribution in [1.82, 2.24) is 4.90 Å². The van der Waals surface area contributed by atoms with Gasteiger partial charge in [-0.2, -0.15) is 0 Å². The van der Waals surface area contributed by atoms with Gasteiger partial charge in [0.05, 0.1) is 18.7 Å². The maximum atomic E-state index is 11.4. The number of carbonyl (C=O) groups excluding carboxylic acids is 1. The van der Waals surface area contributed by atoms with Crippen molar-refractivity contribution in [3.63, 3.8) is 0 Å². The summed E-state index contributed by atoms with van der Waals surface area (Å²) in [6.07, 6.45) is 0.834. The zero-order valence-corrected chi connectivity index (χ0v) is 10.4. The Hall–Kier alpha value is -1.75. The molecule has 5 heteroatoms. The first-order chi connectivity index (χ1) is 8.60. The molecule has 1 atom stereocenters. The third-order valence-electron chi connectivity index (χ3n) is 3.31. The van der Waals surface area contributed by atoms with Crippen molar-refractivity contribution >= 4 is 11.7 Å². The first-order valence-corrected chi connectivity index (χ1v) is 5.97. The Labute approximate surface area is 106 Å². The molecule has 3 N–H and O–H groups in total. The molecule has 1 aliphatic rings. The summed E-state index contributed by atoms with van der Waals surface area (Å²) in [4.78, 5) is 13.6. The third kappa shape index (κ3) is 2.73. The van der Waals surface area contributed by atoms with Crippen molar-refractivity contribution in [3.8, 4) is 5.75 Å². The lowest BCUT2D eigenvalue weighted by Crippen LogP contribution is -2.23. The quantitative estimate of drug-likeness (QED) is 0.475. The second kappa shape index (κ2) is 5.27. The van der Waals surface area contributed by atoms with E-state index in [1.54, 1.807) is 12.1 Å². The molecule has 0 radical (unpaired) electrons. The molecule has 0 spiro atoms. The molecule has 18 heavy (non-hydrogen) atoms. The lowest BCUT2D eigenvalue weighted by atomic mass is 10.1. The molecule has 1 fully saturated rings. The van der Waals surface area contributed by atoms with Gasteiger partial charge in [0, 0.05) is 13.1 Å². The normalized spacial score (nSPS) is 19.9. The fourth-order valence-electron chi connectivity index (χ4n) is 2.30. The second-order valence-corrected chi connectivity index (χ2v) is 4.64. The zero-order valence-electron chi connectivity index (χ0n) is 10.4. The fourth-order valence-corrected chi connectivity index (χ4v) is 2.30. The van der Waals surface area contributed by atoms with Crippen LogP contribution in [0.15, 0.2) is 18.2 Å². The van der Waals surface area contributed by atoms with Crippen LogP contribution < -0.4 is 5.73 Å². The number of methoxy groups -OCH3 is 1. The molecule has 1 aromatic carbocycles. The highest BCUT2D eigenvalue weighted by molar-refractivity contribution is 5.72. The van der Waals surface area contributed by atoms with E-state index < -0.39 is 0 Å². The Morgan fingerprint density at radius 2 is 2.39 bits per heavy atom.